The van der Waals surface area contributed by atoms with Gasteiger partial charge in [-0.2, -0.15) is 0 Å². The van der Waals surface area contributed by atoms with E-state index in [0.717, 1.165) is 25.7 Å². The van der Waals surface area contributed by atoms with Gasteiger partial charge in [0, 0.05) is 0 Å². The Morgan fingerprint density at radius 3 is 2.06 bits per heavy atom. The van der Waals surface area contributed by atoms with E-state index >= 15 is 0 Å². The molecule has 0 aromatic carbocycles. The molecule has 0 saturated heterocycles. The Bertz CT molecular complexity index is 190. The van der Waals surface area contributed by atoms with Crippen molar-refractivity contribution in [1.29, 1.82) is 0 Å². The number of unbranched alkanes of at least 4 members (excludes halogenated alkanes) is 7. The van der Waals surface area contributed by atoms with Crippen LogP contribution in [0.3, 0.4) is 0 Å². The van der Waals surface area contributed by atoms with E-state index in [9.17, 15) is 4.79 Å². The third-order valence-electron chi connectivity index (χ3n) is 3.39. The number of carbonyl (C=O) groups excluding carboxylic acids is 1. The standard InChI is InChI=1S/C16H32O2/c1-4-6-8-9-10-11-12-14-18-16(17)15(3)13-7-5-2/h15H,4-14H2,1-3H3. The number of hydrogen-bond donors (Lipinski definition) is 0. The van der Waals surface area contributed by atoms with Gasteiger partial charge in [0.05, 0.1) is 12.5 Å². The van der Waals surface area contributed by atoms with Crippen molar-refractivity contribution < 1.29 is 9.53 Å². The molecule has 0 fully saturated rings. The van der Waals surface area contributed by atoms with Crippen molar-refractivity contribution in [2.75, 3.05) is 6.61 Å². The first-order valence-corrected chi connectivity index (χ1v) is 7.89. The maximum absolute atomic E-state index is 11.6. The van der Waals surface area contributed by atoms with Crippen LogP contribution >= 0.6 is 0 Å². The molecular weight excluding hydrogens is 224 g/mol. The van der Waals surface area contributed by atoms with Crippen molar-refractivity contribution in [3.05, 3.63) is 0 Å². The van der Waals surface area contributed by atoms with Gasteiger partial charge in [-0.1, -0.05) is 72.1 Å². The lowest BCUT2D eigenvalue weighted by molar-refractivity contribution is -0.148. The molecule has 0 bridgehead atoms. The van der Waals surface area contributed by atoms with Crippen LogP contribution in [0.2, 0.25) is 0 Å². The van der Waals surface area contributed by atoms with Crippen LogP contribution in [0.25, 0.3) is 0 Å². The summed E-state index contributed by atoms with van der Waals surface area (Å²) in [5, 5.41) is 0. The highest BCUT2D eigenvalue weighted by Crippen LogP contribution is 2.11. The lowest BCUT2D eigenvalue weighted by Gasteiger charge is -2.10. The second-order valence-electron chi connectivity index (χ2n) is 5.33. The topological polar surface area (TPSA) is 26.3 Å². The molecule has 0 N–H and O–H groups in total. The second kappa shape index (κ2) is 12.9. The van der Waals surface area contributed by atoms with Gasteiger partial charge in [0.15, 0.2) is 0 Å². The second-order valence-corrected chi connectivity index (χ2v) is 5.33. The fourth-order valence-corrected chi connectivity index (χ4v) is 2.00. The fourth-order valence-electron chi connectivity index (χ4n) is 2.00. The molecule has 0 aliphatic heterocycles. The highest BCUT2D eigenvalue weighted by Gasteiger charge is 2.12. The summed E-state index contributed by atoms with van der Waals surface area (Å²) in [4.78, 5) is 11.6. The van der Waals surface area contributed by atoms with E-state index in [1.54, 1.807) is 0 Å². The number of rotatable bonds is 12. The van der Waals surface area contributed by atoms with Crippen molar-refractivity contribution in [2.24, 2.45) is 5.92 Å². The van der Waals surface area contributed by atoms with Crippen LogP contribution in [0.4, 0.5) is 0 Å². The minimum atomic E-state index is -0.00515. The van der Waals surface area contributed by atoms with Gasteiger partial charge in [-0.25, -0.2) is 0 Å². The Balaban J connectivity index is 3.29. The van der Waals surface area contributed by atoms with E-state index in [0.29, 0.717) is 6.61 Å². The zero-order chi connectivity index (χ0) is 13.6. The molecule has 18 heavy (non-hydrogen) atoms. The van der Waals surface area contributed by atoms with E-state index in [2.05, 4.69) is 13.8 Å². The fraction of sp³-hybridized carbons (Fsp3) is 0.938. The maximum atomic E-state index is 11.6. The maximum Gasteiger partial charge on any atom is 0.308 e. The largest absolute Gasteiger partial charge is 0.465 e. The summed E-state index contributed by atoms with van der Waals surface area (Å²) in [7, 11) is 0. The Morgan fingerprint density at radius 1 is 0.889 bits per heavy atom. The van der Waals surface area contributed by atoms with Gasteiger partial charge < -0.3 is 4.74 Å². The molecule has 0 spiro atoms. The first kappa shape index (κ1) is 17.5. The average molecular weight is 256 g/mol. The Morgan fingerprint density at radius 2 is 1.44 bits per heavy atom. The van der Waals surface area contributed by atoms with E-state index in [-0.39, 0.29) is 11.9 Å². The summed E-state index contributed by atoms with van der Waals surface area (Å²) in [6.07, 6.45) is 12.1. The SMILES string of the molecule is CCCCCCCCCOC(=O)C(C)CCCC. The molecule has 0 amide bonds. The molecule has 0 aromatic heterocycles. The summed E-state index contributed by atoms with van der Waals surface area (Å²) >= 11 is 0. The number of ether oxygens (including phenoxy) is 1. The average Bonchev–Trinajstić information content (AvgIpc) is 2.38. The predicted octanol–water partition coefficient (Wildman–Crippen LogP) is 5.11. The quantitative estimate of drug-likeness (QED) is 0.358. The molecule has 0 aliphatic carbocycles. The Hall–Kier alpha value is -0.530. The highest BCUT2D eigenvalue weighted by atomic mass is 16.5. The zero-order valence-corrected chi connectivity index (χ0v) is 12.7. The van der Waals surface area contributed by atoms with Gasteiger partial charge in [0.1, 0.15) is 0 Å². The number of carbonyl (C=O) groups is 1. The third-order valence-corrected chi connectivity index (χ3v) is 3.39. The lowest BCUT2D eigenvalue weighted by atomic mass is 10.1. The van der Waals surface area contributed by atoms with Crippen molar-refractivity contribution in [2.45, 2.75) is 85.0 Å². The third kappa shape index (κ3) is 10.6. The molecule has 0 heterocycles. The van der Waals surface area contributed by atoms with E-state index in [1.165, 1.54) is 38.5 Å². The highest BCUT2D eigenvalue weighted by molar-refractivity contribution is 5.71. The van der Waals surface area contributed by atoms with Crippen LogP contribution in [0.15, 0.2) is 0 Å². The lowest BCUT2D eigenvalue weighted by Crippen LogP contribution is -2.15. The van der Waals surface area contributed by atoms with Crippen molar-refractivity contribution in [3.8, 4) is 0 Å². The van der Waals surface area contributed by atoms with Gasteiger partial charge in [0.25, 0.3) is 0 Å². The molecule has 0 aliphatic rings. The molecule has 0 rings (SSSR count). The smallest absolute Gasteiger partial charge is 0.308 e. The number of hydrogen-bond acceptors (Lipinski definition) is 2. The van der Waals surface area contributed by atoms with Gasteiger partial charge >= 0.3 is 5.97 Å². The Labute approximate surface area is 113 Å². The van der Waals surface area contributed by atoms with Gasteiger partial charge in [0.2, 0.25) is 0 Å². The minimum absolute atomic E-state index is 0.00515. The minimum Gasteiger partial charge on any atom is -0.465 e. The van der Waals surface area contributed by atoms with Crippen molar-refractivity contribution in [3.63, 3.8) is 0 Å². The Kier molecular flexibility index (Phi) is 12.5. The van der Waals surface area contributed by atoms with Crippen molar-refractivity contribution >= 4 is 5.97 Å². The summed E-state index contributed by atoms with van der Waals surface area (Å²) in [6, 6.07) is 0. The summed E-state index contributed by atoms with van der Waals surface area (Å²) in [5.74, 6) is 0.0731. The van der Waals surface area contributed by atoms with E-state index < -0.39 is 0 Å². The monoisotopic (exact) mass is 256 g/mol. The van der Waals surface area contributed by atoms with Crippen LogP contribution in [-0.4, -0.2) is 12.6 Å². The molecule has 1 unspecified atom stereocenters. The normalized spacial score (nSPS) is 12.4. The van der Waals surface area contributed by atoms with Crippen LogP contribution in [0, 0.1) is 5.92 Å². The molecule has 108 valence electrons. The van der Waals surface area contributed by atoms with Gasteiger partial charge in [-0.3, -0.25) is 4.79 Å². The molecule has 0 saturated carbocycles. The van der Waals surface area contributed by atoms with Crippen molar-refractivity contribution in [1.82, 2.24) is 0 Å². The summed E-state index contributed by atoms with van der Waals surface area (Å²) in [5.41, 5.74) is 0. The van der Waals surface area contributed by atoms with E-state index in [4.69, 9.17) is 4.74 Å². The molecule has 0 aromatic rings. The van der Waals surface area contributed by atoms with E-state index in [1.807, 2.05) is 6.92 Å². The predicted molar refractivity (Wildman–Crippen MR) is 77.6 cm³/mol. The first-order valence-electron chi connectivity index (χ1n) is 7.89. The zero-order valence-electron chi connectivity index (χ0n) is 12.7. The summed E-state index contributed by atoms with van der Waals surface area (Å²) in [6.45, 7) is 6.97. The molecule has 1 atom stereocenters. The van der Waals surface area contributed by atoms with Gasteiger partial charge in [-0.15, -0.1) is 0 Å². The van der Waals surface area contributed by atoms with Crippen LogP contribution < -0.4 is 0 Å². The summed E-state index contributed by atoms with van der Waals surface area (Å²) < 4.78 is 5.29. The molecular formula is C16H32O2. The number of esters is 1. The van der Waals surface area contributed by atoms with Crippen LogP contribution in [0.5, 0.6) is 0 Å². The molecule has 2 nitrogen and oxygen atoms in total. The first-order chi connectivity index (χ1) is 8.72. The van der Waals surface area contributed by atoms with Gasteiger partial charge in [-0.05, 0) is 12.8 Å². The molecule has 2 heteroatoms. The van der Waals surface area contributed by atoms with Crippen LogP contribution in [-0.2, 0) is 9.53 Å². The van der Waals surface area contributed by atoms with Crippen LogP contribution in [0.1, 0.15) is 85.0 Å². The molecule has 0 radical (unpaired) electrons.